The number of ether oxygens (including phenoxy) is 4. The second-order valence-corrected chi connectivity index (χ2v) is 20.8. The molecule has 0 saturated carbocycles. The number of aromatic hydroxyl groups is 2. The van der Waals surface area contributed by atoms with Crippen molar-refractivity contribution >= 4 is 11.9 Å². The van der Waals surface area contributed by atoms with E-state index in [4.69, 9.17) is 18.9 Å². The van der Waals surface area contributed by atoms with Gasteiger partial charge < -0.3 is 29.2 Å². The van der Waals surface area contributed by atoms with Gasteiger partial charge in [-0.1, -0.05) is 133 Å². The van der Waals surface area contributed by atoms with Crippen LogP contribution in [0.2, 0.25) is 0 Å². The van der Waals surface area contributed by atoms with Crippen molar-refractivity contribution in [3.05, 3.63) is 105 Å². The van der Waals surface area contributed by atoms with Crippen LogP contribution in [0.15, 0.2) is 60.7 Å². The van der Waals surface area contributed by atoms with Gasteiger partial charge in [-0.05, 0) is 93.9 Å². The van der Waals surface area contributed by atoms with Gasteiger partial charge in [0.2, 0.25) is 0 Å². The van der Waals surface area contributed by atoms with Crippen molar-refractivity contribution in [3.63, 3.8) is 0 Å². The van der Waals surface area contributed by atoms with E-state index < -0.39 is 5.41 Å². The summed E-state index contributed by atoms with van der Waals surface area (Å²) in [5.74, 6) is 1.82. The average molecular weight is 837 g/mol. The van der Waals surface area contributed by atoms with Crippen LogP contribution in [-0.2, 0) is 49.5 Å². The summed E-state index contributed by atoms with van der Waals surface area (Å²) in [6.45, 7) is 33.7. The van der Waals surface area contributed by atoms with Crippen molar-refractivity contribution < 1.29 is 38.7 Å². The maximum absolute atomic E-state index is 13.3. The third kappa shape index (κ3) is 12.1. The third-order valence-corrected chi connectivity index (χ3v) is 11.1. The molecule has 4 rings (SSSR count). The van der Waals surface area contributed by atoms with Crippen molar-refractivity contribution in [1.82, 2.24) is 0 Å². The molecule has 4 aromatic carbocycles. The minimum absolute atomic E-state index is 0.164. The number of phenolic OH excluding ortho intramolecular Hbond substituents is 2. The quantitative estimate of drug-likeness (QED) is 0.0954. The zero-order chi connectivity index (χ0) is 45.9. The van der Waals surface area contributed by atoms with Gasteiger partial charge in [0.25, 0.3) is 0 Å². The van der Waals surface area contributed by atoms with Crippen molar-refractivity contribution in [2.24, 2.45) is 0 Å². The molecule has 0 aromatic heterocycles. The molecule has 0 amide bonds. The molecule has 8 nitrogen and oxygen atoms in total. The number of rotatable bonds is 14. The van der Waals surface area contributed by atoms with Gasteiger partial charge in [-0.2, -0.15) is 0 Å². The molecule has 0 saturated heterocycles. The Kier molecular flexibility index (Phi) is 14.8. The summed E-state index contributed by atoms with van der Waals surface area (Å²) in [4.78, 5) is 26.5. The van der Waals surface area contributed by atoms with Gasteiger partial charge in [0.1, 0.15) is 34.5 Å². The van der Waals surface area contributed by atoms with E-state index >= 15 is 0 Å². The number of esters is 2. The average Bonchev–Trinajstić information content (AvgIpc) is 3.12. The lowest BCUT2D eigenvalue weighted by Crippen LogP contribution is -2.22. The lowest BCUT2D eigenvalue weighted by molar-refractivity contribution is -0.135. The molecule has 0 aliphatic rings. The molecular formula is C53H72O8. The van der Waals surface area contributed by atoms with Crippen molar-refractivity contribution in [1.29, 1.82) is 0 Å². The van der Waals surface area contributed by atoms with Crippen LogP contribution in [0.1, 0.15) is 168 Å². The van der Waals surface area contributed by atoms with Crippen molar-refractivity contribution in [2.75, 3.05) is 13.2 Å². The fraction of sp³-hybridized carbons (Fsp3) is 0.509. The van der Waals surface area contributed by atoms with Crippen LogP contribution in [0.25, 0.3) is 0 Å². The Morgan fingerprint density at radius 3 is 1.02 bits per heavy atom. The van der Waals surface area contributed by atoms with E-state index in [1.54, 1.807) is 24.3 Å². The van der Waals surface area contributed by atoms with Gasteiger partial charge in [0.15, 0.2) is 0 Å². The van der Waals surface area contributed by atoms with E-state index in [1.807, 2.05) is 50.2 Å². The molecule has 0 fully saturated rings. The van der Waals surface area contributed by atoms with E-state index in [0.717, 1.165) is 44.5 Å². The van der Waals surface area contributed by atoms with Crippen LogP contribution in [0.5, 0.6) is 34.5 Å². The lowest BCUT2D eigenvalue weighted by atomic mass is 9.77. The van der Waals surface area contributed by atoms with Gasteiger partial charge in [-0.15, -0.1) is 0 Å². The topological polar surface area (TPSA) is 112 Å². The predicted molar refractivity (Wildman–Crippen MR) is 246 cm³/mol. The fourth-order valence-electron chi connectivity index (χ4n) is 7.68. The second kappa shape index (κ2) is 18.6. The molecule has 0 aliphatic carbocycles. The highest BCUT2D eigenvalue weighted by Gasteiger charge is 2.32. The standard InChI is InChI=1S/C53H72O8/c1-17-58-43-31-35(60-45(54)25-19-33-27-39(49(3,4)5)47(56)40(28-33)50(6,7)8)21-23-37(43)53(15,16)38-24-22-36(32-44(38)59-18-2)61-46(55)26-20-34-29-41(51(9,10)11)48(57)42(30-34)52(12,13)14/h21-24,27-32,56-57H,17-20,25-26H2,1-16H3. The highest BCUT2D eigenvalue weighted by molar-refractivity contribution is 5.74. The molecule has 8 heteroatoms. The minimum atomic E-state index is -0.636. The zero-order valence-electron chi connectivity index (χ0n) is 39.9. The number of carbonyl (C=O) groups is 2. The Balaban J connectivity index is 1.53. The van der Waals surface area contributed by atoms with Crippen molar-refractivity contribution in [3.8, 4) is 34.5 Å². The first-order valence-electron chi connectivity index (χ1n) is 21.8. The maximum Gasteiger partial charge on any atom is 0.311 e. The highest BCUT2D eigenvalue weighted by atomic mass is 16.5. The Morgan fingerprint density at radius 2 is 0.754 bits per heavy atom. The van der Waals surface area contributed by atoms with E-state index in [2.05, 4.69) is 96.9 Å². The molecule has 0 aliphatic heterocycles. The molecule has 0 unspecified atom stereocenters. The summed E-state index contributed by atoms with van der Waals surface area (Å²) >= 11 is 0. The highest BCUT2D eigenvalue weighted by Crippen LogP contribution is 2.45. The van der Waals surface area contributed by atoms with Crippen LogP contribution in [0, 0.1) is 0 Å². The Labute approximate surface area is 366 Å². The summed E-state index contributed by atoms with van der Waals surface area (Å²) in [7, 11) is 0. The minimum Gasteiger partial charge on any atom is -0.507 e. The second-order valence-electron chi connectivity index (χ2n) is 20.8. The Hall–Kier alpha value is -4.98. The molecule has 0 radical (unpaired) electrons. The molecule has 0 heterocycles. The zero-order valence-corrected chi connectivity index (χ0v) is 39.9. The van der Waals surface area contributed by atoms with Gasteiger partial charge in [0, 0.05) is 41.5 Å². The summed E-state index contributed by atoms with van der Waals surface area (Å²) in [6, 6.07) is 18.9. The van der Waals surface area contributed by atoms with Gasteiger partial charge in [-0.25, -0.2) is 0 Å². The van der Waals surface area contributed by atoms with Crippen LogP contribution in [0.4, 0.5) is 0 Å². The van der Waals surface area contributed by atoms with E-state index in [9.17, 15) is 19.8 Å². The number of benzene rings is 4. The summed E-state index contributed by atoms with van der Waals surface area (Å²) in [5, 5.41) is 22.3. The number of phenols is 2. The number of hydrogen-bond donors (Lipinski definition) is 2. The molecule has 4 aromatic rings. The molecule has 61 heavy (non-hydrogen) atoms. The third-order valence-electron chi connectivity index (χ3n) is 11.1. The first-order chi connectivity index (χ1) is 28.1. The SMILES string of the molecule is CCOc1cc(OC(=O)CCc2cc(C(C)(C)C)c(O)c(C(C)(C)C)c2)ccc1C(C)(C)c1ccc(OC(=O)CCc2cc(C(C)(C)C)c(O)c(C(C)(C)C)c2)cc1OCC. The van der Waals surface area contributed by atoms with E-state index in [-0.39, 0.29) is 46.4 Å². The molecule has 0 bridgehead atoms. The first-order valence-corrected chi connectivity index (χ1v) is 21.8. The molecule has 332 valence electrons. The molecule has 0 atom stereocenters. The normalized spacial score (nSPS) is 12.6. The van der Waals surface area contributed by atoms with Crippen LogP contribution >= 0.6 is 0 Å². The molecule has 2 N–H and O–H groups in total. The first kappa shape index (κ1) is 48.7. The Bertz CT molecular complexity index is 1970. The van der Waals surface area contributed by atoms with Gasteiger partial charge in [-0.3, -0.25) is 9.59 Å². The summed E-state index contributed by atoms with van der Waals surface area (Å²) in [6.07, 6.45) is 1.26. The number of carbonyl (C=O) groups excluding carboxylic acids is 2. The lowest BCUT2D eigenvalue weighted by Gasteiger charge is -2.30. The maximum atomic E-state index is 13.3. The van der Waals surface area contributed by atoms with Crippen LogP contribution in [-0.4, -0.2) is 35.4 Å². The Morgan fingerprint density at radius 1 is 0.459 bits per heavy atom. The van der Waals surface area contributed by atoms with Crippen LogP contribution in [0.3, 0.4) is 0 Å². The molecule has 0 spiro atoms. The molecular weight excluding hydrogens is 765 g/mol. The number of hydrogen-bond acceptors (Lipinski definition) is 8. The number of aryl methyl sites for hydroxylation is 2. The predicted octanol–water partition coefficient (Wildman–Crippen LogP) is 12.5. The van der Waals surface area contributed by atoms with Gasteiger partial charge >= 0.3 is 11.9 Å². The monoisotopic (exact) mass is 837 g/mol. The smallest absolute Gasteiger partial charge is 0.311 e. The van der Waals surface area contributed by atoms with Crippen LogP contribution < -0.4 is 18.9 Å². The summed E-state index contributed by atoms with van der Waals surface area (Å²) in [5.41, 5.74) is 5.40. The fourth-order valence-corrected chi connectivity index (χ4v) is 7.68. The van der Waals surface area contributed by atoms with E-state index in [1.165, 1.54) is 0 Å². The summed E-state index contributed by atoms with van der Waals surface area (Å²) < 4.78 is 24.1. The van der Waals surface area contributed by atoms with Gasteiger partial charge in [0.05, 0.1) is 13.2 Å². The largest absolute Gasteiger partial charge is 0.507 e. The van der Waals surface area contributed by atoms with E-state index in [0.29, 0.717) is 60.6 Å². The van der Waals surface area contributed by atoms with Crippen molar-refractivity contribution in [2.45, 2.75) is 164 Å².